The Bertz CT molecular complexity index is 146. The van der Waals surface area contributed by atoms with Gasteiger partial charge in [-0.3, -0.25) is 5.26 Å². The van der Waals surface area contributed by atoms with Crippen molar-refractivity contribution >= 4 is 0 Å². The lowest BCUT2D eigenvalue weighted by molar-refractivity contribution is -0.233. The van der Waals surface area contributed by atoms with E-state index in [0.717, 1.165) is 18.4 Å². The van der Waals surface area contributed by atoms with Crippen LogP contribution in [0.4, 0.5) is 0 Å². The molecule has 0 bridgehead atoms. The summed E-state index contributed by atoms with van der Waals surface area (Å²) in [5.74, 6) is 0. The Hall–Kier alpha value is -0.640. The summed E-state index contributed by atoms with van der Waals surface area (Å²) in [6.45, 7) is 0.316. The van der Waals surface area contributed by atoms with E-state index in [1.807, 2.05) is 6.08 Å². The second-order valence-electron chi connectivity index (χ2n) is 2.03. The molecule has 0 radical (unpaired) electrons. The van der Waals surface area contributed by atoms with Crippen molar-refractivity contribution in [3.8, 4) is 0 Å². The highest BCUT2D eigenvalue weighted by molar-refractivity contribution is 5.22. The highest BCUT2D eigenvalue weighted by Crippen LogP contribution is 2.08. The molecule has 0 saturated heterocycles. The Morgan fingerprint density at radius 2 is 2.27 bits per heavy atom. The first-order valence-corrected chi connectivity index (χ1v) is 3.05. The molecule has 1 rings (SSSR count). The van der Waals surface area contributed by atoms with Gasteiger partial charge in [0.05, 0.1) is 0 Å². The summed E-state index contributed by atoms with van der Waals surface area (Å²) in [5.41, 5.74) is 1.06. The molecule has 0 atom stereocenters. The molecule has 0 fully saturated rings. The normalized spacial score (nSPS) is 14.5. The maximum Gasteiger partial charge on any atom is 0.107 e. The van der Waals surface area contributed by atoms with Crippen molar-refractivity contribution in [3.63, 3.8) is 0 Å². The van der Waals surface area contributed by atoms with Gasteiger partial charge >= 0.3 is 0 Å². The maximum absolute atomic E-state index is 8.04. The molecule has 0 unspecified atom stereocenters. The molecular weight excluding hydrogens is 142 g/mol. The first kappa shape index (κ1) is 13.0. The molecule has 3 nitrogen and oxygen atoms in total. The summed E-state index contributed by atoms with van der Waals surface area (Å²) in [6.07, 6.45) is 8.29. The van der Waals surface area contributed by atoms with Crippen LogP contribution in [0, 0.1) is 0 Å². The Kier molecular flexibility index (Phi) is 8.82. The minimum Gasteiger partial charge on any atom is -0.344 e. The molecule has 4 N–H and O–H groups in total. The van der Waals surface area contributed by atoms with Gasteiger partial charge in [0.2, 0.25) is 0 Å². The van der Waals surface area contributed by atoms with Crippen molar-refractivity contribution in [2.24, 2.45) is 0 Å². The van der Waals surface area contributed by atoms with E-state index in [1.165, 1.54) is 0 Å². The van der Waals surface area contributed by atoms with Gasteiger partial charge in [0.1, 0.15) is 6.61 Å². The Morgan fingerprint density at radius 1 is 1.55 bits per heavy atom. The van der Waals surface area contributed by atoms with E-state index in [1.54, 1.807) is 0 Å². The van der Waals surface area contributed by atoms with Gasteiger partial charge in [-0.25, -0.2) is 4.89 Å². The van der Waals surface area contributed by atoms with E-state index in [4.69, 9.17) is 5.26 Å². The average molecular weight is 161 g/mol. The summed E-state index contributed by atoms with van der Waals surface area (Å²) in [7, 11) is 0. The smallest absolute Gasteiger partial charge is 0.107 e. The van der Waals surface area contributed by atoms with E-state index < -0.39 is 0 Å². The summed E-state index contributed by atoms with van der Waals surface area (Å²) in [5, 5.41) is 8.04. The highest BCUT2D eigenvalue weighted by Gasteiger charge is 1.94. The second kappa shape index (κ2) is 7.47. The average Bonchev–Trinajstić information content (AvgIpc) is 1.91. The van der Waals surface area contributed by atoms with Gasteiger partial charge in [0.15, 0.2) is 0 Å². The van der Waals surface area contributed by atoms with Crippen LogP contribution in [0.15, 0.2) is 23.8 Å². The Labute approximate surface area is 69.4 Å². The zero-order chi connectivity index (χ0) is 6.53. The molecule has 1 aliphatic rings. The van der Waals surface area contributed by atoms with Crippen LogP contribution < -0.4 is 6.15 Å². The van der Waals surface area contributed by atoms with E-state index in [9.17, 15) is 0 Å². The Morgan fingerprint density at radius 3 is 2.73 bits per heavy atom. The van der Waals surface area contributed by atoms with Gasteiger partial charge in [0.25, 0.3) is 0 Å². The lowest BCUT2D eigenvalue weighted by atomic mass is 10.1. The molecule has 0 aromatic carbocycles. The number of allylic oxidation sites excluding steroid dienone is 2. The van der Waals surface area contributed by atoms with E-state index in [-0.39, 0.29) is 15.0 Å². The molecule has 1 aliphatic carbocycles. The van der Waals surface area contributed by atoms with Crippen molar-refractivity contribution in [1.29, 1.82) is 0 Å². The van der Waals surface area contributed by atoms with Crippen molar-refractivity contribution in [3.05, 3.63) is 23.8 Å². The van der Waals surface area contributed by atoms with Gasteiger partial charge in [-0.2, -0.15) is 0 Å². The number of rotatable bonds is 2. The maximum atomic E-state index is 8.04. The van der Waals surface area contributed by atoms with Crippen LogP contribution in [0.3, 0.4) is 0 Å². The summed E-state index contributed by atoms with van der Waals surface area (Å²) < 4.78 is 0. The SMILES string of the molecule is C.N.OOCC1=CCCC=C1.[HH]. The molecule has 11 heavy (non-hydrogen) atoms. The van der Waals surface area contributed by atoms with Crippen LogP contribution in [-0.4, -0.2) is 11.9 Å². The van der Waals surface area contributed by atoms with Gasteiger partial charge in [-0.1, -0.05) is 25.7 Å². The van der Waals surface area contributed by atoms with Crippen molar-refractivity contribution in [1.82, 2.24) is 6.15 Å². The van der Waals surface area contributed by atoms with Crippen LogP contribution in [0.25, 0.3) is 0 Å². The fraction of sp³-hybridized carbons (Fsp3) is 0.500. The Balaban J connectivity index is -0.000000270. The third-order valence-electron chi connectivity index (χ3n) is 1.30. The number of hydrogen-bond donors (Lipinski definition) is 2. The third-order valence-corrected chi connectivity index (χ3v) is 1.30. The molecule has 0 heterocycles. The molecule has 68 valence electrons. The van der Waals surface area contributed by atoms with Crippen LogP contribution >= 0.6 is 0 Å². The predicted molar refractivity (Wildman–Crippen MR) is 48.9 cm³/mol. The molecular formula is C8H19NO2. The van der Waals surface area contributed by atoms with Gasteiger partial charge in [-0.15, -0.1) is 0 Å². The molecule has 0 aromatic heterocycles. The van der Waals surface area contributed by atoms with E-state index in [2.05, 4.69) is 17.0 Å². The standard InChI is InChI=1S/C7H10O2.CH4.H3N.H2/c8-9-6-7-4-2-1-3-5-7;;;/h2,4-5,8H,1,3,6H2;1H4;1H3;1H. The van der Waals surface area contributed by atoms with Crippen LogP contribution in [0.5, 0.6) is 0 Å². The topological polar surface area (TPSA) is 64.5 Å². The molecule has 3 heteroatoms. The minimum atomic E-state index is 0. The van der Waals surface area contributed by atoms with Crippen molar-refractivity contribution in [2.75, 3.05) is 6.61 Å². The summed E-state index contributed by atoms with van der Waals surface area (Å²) >= 11 is 0. The third kappa shape index (κ3) is 4.72. The monoisotopic (exact) mass is 161 g/mol. The lowest BCUT2D eigenvalue weighted by Gasteiger charge is -2.02. The molecule has 0 saturated carbocycles. The first-order valence-electron chi connectivity index (χ1n) is 3.05. The zero-order valence-corrected chi connectivity index (χ0v) is 5.92. The van der Waals surface area contributed by atoms with Crippen LogP contribution in [0.2, 0.25) is 0 Å². The lowest BCUT2D eigenvalue weighted by Crippen LogP contribution is -1.93. The second-order valence-corrected chi connectivity index (χ2v) is 2.03. The quantitative estimate of drug-likeness (QED) is 0.483. The van der Waals surface area contributed by atoms with Crippen molar-refractivity contribution < 1.29 is 11.6 Å². The van der Waals surface area contributed by atoms with Crippen LogP contribution in [-0.2, 0) is 4.89 Å². The fourth-order valence-corrected chi connectivity index (χ4v) is 0.849. The van der Waals surface area contributed by atoms with E-state index in [0.29, 0.717) is 6.61 Å². The first-order chi connectivity index (χ1) is 4.43. The van der Waals surface area contributed by atoms with E-state index >= 15 is 0 Å². The van der Waals surface area contributed by atoms with Crippen molar-refractivity contribution in [2.45, 2.75) is 20.3 Å². The summed E-state index contributed by atoms with van der Waals surface area (Å²) in [6, 6.07) is 0. The molecule has 0 aliphatic heterocycles. The van der Waals surface area contributed by atoms with Crippen LogP contribution in [0.1, 0.15) is 21.7 Å². The highest BCUT2D eigenvalue weighted by atomic mass is 17.1. The van der Waals surface area contributed by atoms with Gasteiger partial charge in [0, 0.05) is 1.43 Å². The summed E-state index contributed by atoms with van der Waals surface area (Å²) in [4.78, 5) is 3.96. The zero-order valence-electron chi connectivity index (χ0n) is 5.92. The largest absolute Gasteiger partial charge is 0.344 e. The molecule has 0 amide bonds. The van der Waals surface area contributed by atoms with Gasteiger partial charge < -0.3 is 6.15 Å². The predicted octanol–water partition coefficient (Wildman–Crippen LogP) is 2.80. The molecule has 0 spiro atoms. The molecule has 0 aromatic rings. The fourth-order valence-electron chi connectivity index (χ4n) is 0.849. The van der Waals surface area contributed by atoms with Gasteiger partial charge in [-0.05, 0) is 18.4 Å². The number of hydrogen-bond acceptors (Lipinski definition) is 3. The minimum absolute atomic E-state index is 0.